The Morgan fingerprint density at radius 1 is 1.53 bits per heavy atom. The standard InChI is InChI=1S/C12H17IN4O2/c1-8-7-9(5-6-17(8)12(18)19)16(2)11-4-3-10(13)14-15-11/h3-4,8-9H,5-7H2,1-2H3,(H,18,19)/t8-,9-/m0/s1. The van der Waals surface area contributed by atoms with Crippen LogP contribution in [0.3, 0.4) is 0 Å². The summed E-state index contributed by atoms with van der Waals surface area (Å²) in [5.74, 6) is 0.835. The van der Waals surface area contributed by atoms with Crippen LogP contribution in [0, 0.1) is 3.70 Å². The molecule has 0 unspecified atom stereocenters. The predicted molar refractivity (Wildman–Crippen MR) is 80.4 cm³/mol. The summed E-state index contributed by atoms with van der Waals surface area (Å²) in [6, 6.07) is 4.22. The maximum atomic E-state index is 11.0. The van der Waals surface area contributed by atoms with Gasteiger partial charge in [0.15, 0.2) is 5.82 Å². The Morgan fingerprint density at radius 2 is 2.26 bits per heavy atom. The van der Waals surface area contributed by atoms with Crippen LogP contribution < -0.4 is 4.90 Å². The van der Waals surface area contributed by atoms with Gasteiger partial charge in [-0.1, -0.05) is 0 Å². The molecule has 2 heterocycles. The summed E-state index contributed by atoms with van der Waals surface area (Å²) < 4.78 is 0.865. The molecule has 19 heavy (non-hydrogen) atoms. The average molecular weight is 376 g/mol. The normalized spacial score (nSPS) is 23.2. The molecule has 0 aromatic carbocycles. The average Bonchev–Trinajstić information content (AvgIpc) is 2.38. The van der Waals surface area contributed by atoms with Crippen molar-refractivity contribution in [3.05, 3.63) is 15.8 Å². The van der Waals surface area contributed by atoms with Gasteiger partial charge in [-0.3, -0.25) is 0 Å². The fourth-order valence-corrected chi connectivity index (χ4v) is 2.76. The van der Waals surface area contributed by atoms with E-state index in [4.69, 9.17) is 5.11 Å². The van der Waals surface area contributed by atoms with E-state index in [0.29, 0.717) is 12.6 Å². The first kappa shape index (κ1) is 14.3. The molecule has 1 amide bonds. The second-order valence-corrected chi connectivity index (χ2v) is 5.93. The van der Waals surface area contributed by atoms with Crippen molar-refractivity contribution in [1.82, 2.24) is 15.1 Å². The lowest BCUT2D eigenvalue weighted by atomic mass is 9.97. The molecule has 104 valence electrons. The molecular formula is C12H17IN4O2. The summed E-state index contributed by atoms with van der Waals surface area (Å²) in [5, 5.41) is 17.3. The van der Waals surface area contributed by atoms with Gasteiger partial charge in [-0.25, -0.2) is 4.79 Å². The zero-order valence-electron chi connectivity index (χ0n) is 11.0. The topological polar surface area (TPSA) is 69.6 Å². The van der Waals surface area contributed by atoms with E-state index in [9.17, 15) is 4.79 Å². The minimum atomic E-state index is -0.831. The SMILES string of the molecule is C[C@H]1C[C@@H](N(C)c2ccc(I)nn2)CCN1C(=O)O. The predicted octanol–water partition coefficient (Wildman–Crippen LogP) is 2.05. The van der Waals surface area contributed by atoms with Gasteiger partial charge in [0.1, 0.15) is 3.70 Å². The third-order valence-corrected chi connectivity index (χ3v) is 4.20. The Kier molecular flexibility index (Phi) is 4.43. The van der Waals surface area contributed by atoms with E-state index in [1.54, 1.807) is 0 Å². The summed E-state index contributed by atoms with van der Waals surface area (Å²) >= 11 is 2.12. The van der Waals surface area contributed by atoms with Crippen molar-refractivity contribution in [1.29, 1.82) is 0 Å². The number of amides is 1. The lowest BCUT2D eigenvalue weighted by molar-refractivity contribution is 0.107. The van der Waals surface area contributed by atoms with Crippen LogP contribution in [0.25, 0.3) is 0 Å². The number of hydrogen-bond donors (Lipinski definition) is 1. The molecule has 1 aliphatic heterocycles. The minimum absolute atomic E-state index is 0.0375. The third-order valence-electron chi connectivity index (χ3n) is 3.62. The van der Waals surface area contributed by atoms with Crippen LogP contribution in [0.1, 0.15) is 19.8 Å². The van der Waals surface area contributed by atoms with Crippen molar-refractivity contribution >= 4 is 34.5 Å². The van der Waals surface area contributed by atoms with Gasteiger partial charge >= 0.3 is 6.09 Å². The van der Waals surface area contributed by atoms with E-state index in [1.165, 1.54) is 4.90 Å². The smallest absolute Gasteiger partial charge is 0.407 e. The fourth-order valence-electron chi connectivity index (χ4n) is 2.47. The van der Waals surface area contributed by atoms with E-state index in [1.807, 2.05) is 26.1 Å². The van der Waals surface area contributed by atoms with Gasteiger partial charge in [-0.2, -0.15) is 0 Å². The van der Waals surface area contributed by atoms with E-state index >= 15 is 0 Å². The zero-order chi connectivity index (χ0) is 14.0. The van der Waals surface area contributed by atoms with Crippen LogP contribution in [0.2, 0.25) is 0 Å². The quantitative estimate of drug-likeness (QED) is 0.801. The highest BCUT2D eigenvalue weighted by atomic mass is 127. The molecule has 7 heteroatoms. The largest absolute Gasteiger partial charge is 0.465 e. The summed E-state index contributed by atoms with van der Waals surface area (Å²) in [6.07, 6.45) is 0.805. The van der Waals surface area contributed by atoms with Gasteiger partial charge in [-0.05, 0) is 54.5 Å². The molecule has 2 atom stereocenters. The molecule has 1 fully saturated rings. The molecule has 1 aromatic rings. The molecular weight excluding hydrogens is 359 g/mol. The Morgan fingerprint density at radius 3 is 2.79 bits per heavy atom. The second kappa shape index (κ2) is 5.89. The first-order valence-corrected chi connectivity index (χ1v) is 7.28. The zero-order valence-corrected chi connectivity index (χ0v) is 13.1. The number of rotatable bonds is 2. The van der Waals surface area contributed by atoms with Crippen LogP contribution in [0.5, 0.6) is 0 Å². The van der Waals surface area contributed by atoms with Crippen molar-refractivity contribution in [3.63, 3.8) is 0 Å². The number of carboxylic acid groups (broad SMARTS) is 1. The van der Waals surface area contributed by atoms with E-state index < -0.39 is 6.09 Å². The van der Waals surface area contributed by atoms with Gasteiger partial charge in [0, 0.05) is 25.7 Å². The van der Waals surface area contributed by atoms with Crippen molar-refractivity contribution in [2.24, 2.45) is 0 Å². The van der Waals surface area contributed by atoms with Crippen LogP contribution in [0.15, 0.2) is 12.1 Å². The molecule has 0 bridgehead atoms. The van der Waals surface area contributed by atoms with Gasteiger partial charge < -0.3 is 14.9 Å². The maximum absolute atomic E-state index is 11.0. The van der Waals surface area contributed by atoms with Gasteiger partial charge in [0.25, 0.3) is 0 Å². The molecule has 1 saturated heterocycles. The Bertz CT molecular complexity index is 454. The number of halogens is 1. The van der Waals surface area contributed by atoms with Crippen molar-refractivity contribution < 1.29 is 9.90 Å². The maximum Gasteiger partial charge on any atom is 0.407 e. The van der Waals surface area contributed by atoms with Gasteiger partial charge in [0.05, 0.1) is 0 Å². The number of hydrogen-bond acceptors (Lipinski definition) is 4. The van der Waals surface area contributed by atoms with Gasteiger partial charge in [-0.15, -0.1) is 10.2 Å². The number of anilines is 1. The highest BCUT2D eigenvalue weighted by molar-refractivity contribution is 14.1. The third kappa shape index (κ3) is 3.26. The fraction of sp³-hybridized carbons (Fsp3) is 0.583. The lowest BCUT2D eigenvalue weighted by Crippen LogP contribution is -2.50. The first-order valence-electron chi connectivity index (χ1n) is 6.20. The van der Waals surface area contributed by atoms with E-state index in [0.717, 1.165) is 22.4 Å². The second-order valence-electron chi connectivity index (χ2n) is 4.83. The molecule has 1 aliphatic rings. The molecule has 0 saturated carbocycles. The molecule has 2 rings (SSSR count). The van der Waals surface area contributed by atoms with Crippen molar-refractivity contribution in [2.45, 2.75) is 31.8 Å². The van der Waals surface area contributed by atoms with Crippen LogP contribution in [-0.2, 0) is 0 Å². The van der Waals surface area contributed by atoms with Gasteiger partial charge in [0.2, 0.25) is 0 Å². The van der Waals surface area contributed by atoms with E-state index in [-0.39, 0.29) is 6.04 Å². The Balaban J connectivity index is 2.03. The number of carbonyl (C=O) groups is 1. The summed E-state index contributed by atoms with van der Waals surface area (Å²) in [4.78, 5) is 14.6. The molecule has 0 aliphatic carbocycles. The molecule has 1 aromatic heterocycles. The minimum Gasteiger partial charge on any atom is -0.465 e. The molecule has 1 N–H and O–H groups in total. The highest BCUT2D eigenvalue weighted by Crippen LogP contribution is 2.24. The lowest BCUT2D eigenvalue weighted by Gasteiger charge is -2.40. The Hall–Kier alpha value is -1.12. The van der Waals surface area contributed by atoms with Crippen LogP contribution in [0.4, 0.5) is 10.6 Å². The van der Waals surface area contributed by atoms with Crippen LogP contribution in [-0.4, -0.2) is 52.0 Å². The number of piperidine rings is 1. The number of likely N-dealkylation sites (tertiary alicyclic amines) is 1. The molecule has 6 nitrogen and oxygen atoms in total. The monoisotopic (exact) mass is 376 g/mol. The van der Waals surface area contributed by atoms with E-state index in [2.05, 4.69) is 37.7 Å². The van der Waals surface area contributed by atoms with Crippen molar-refractivity contribution in [3.8, 4) is 0 Å². The first-order chi connectivity index (χ1) is 8.99. The summed E-state index contributed by atoms with van der Waals surface area (Å²) in [6.45, 7) is 2.52. The number of aromatic nitrogens is 2. The summed E-state index contributed by atoms with van der Waals surface area (Å²) in [5.41, 5.74) is 0. The van der Waals surface area contributed by atoms with Crippen molar-refractivity contribution in [2.75, 3.05) is 18.5 Å². The number of nitrogens with zero attached hydrogens (tertiary/aromatic N) is 4. The van der Waals surface area contributed by atoms with Crippen LogP contribution >= 0.6 is 22.6 Å². The summed E-state index contributed by atoms with van der Waals surface area (Å²) in [7, 11) is 1.99. The molecule has 0 spiro atoms. The molecule has 0 radical (unpaired) electrons. The highest BCUT2D eigenvalue weighted by Gasteiger charge is 2.30. The Labute approximate surface area is 125 Å².